The molecule has 2 aliphatic rings. The molecule has 5 rings (SSSR count). The Morgan fingerprint density at radius 1 is 0.925 bits per heavy atom. The van der Waals surface area contributed by atoms with E-state index < -0.39 is 18.0 Å². The van der Waals surface area contributed by atoms with Crippen molar-refractivity contribution in [1.82, 2.24) is 0 Å². The molecule has 3 aromatic rings. The van der Waals surface area contributed by atoms with Gasteiger partial charge in [0, 0.05) is 18.5 Å². The van der Waals surface area contributed by atoms with Crippen LogP contribution in [0.1, 0.15) is 47.9 Å². The van der Waals surface area contributed by atoms with Crippen molar-refractivity contribution >= 4 is 29.8 Å². The van der Waals surface area contributed by atoms with Gasteiger partial charge in [-0.15, -0.1) is 0 Å². The van der Waals surface area contributed by atoms with Crippen LogP contribution in [0.2, 0.25) is 0 Å². The summed E-state index contributed by atoms with van der Waals surface area (Å²) in [5, 5.41) is 18.6. The predicted octanol–water partition coefficient (Wildman–Crippen LogP) is 5.95. The van der Waals surface area contributed by atoms with Crippen molar-refractivity contribution in [2.24, 2.45) is 5.92 Å². The highest BCUT2D eigenvalue weighted by molar-refractivity contribution is 5.81. The van der Waals surface area contributed by atoms with Crippen LogP contribution in [-0.2, 0) is 22.4 Å². The Hall–Kier alpha value is -4.26. The fraction of sp³-hybridized carbons (Fsp3) is 0.333. The average Bonchev–Trinajstić information content (AvgIpc) is 3.37. The van der Waals surface area contributed by atoms with Gasteiger partial charge in [-0.2, -0.15) is 0 Å². The molecule has 7 heteroatoms. The lowest BCUT2D eigenvalue weighted by Crippen LogP contribution is -2.45. The third-order valence-corrected chi connectivity index (χ3v) is 7.60. The van der Waals surface area contributed by atoms with Gasteiger partial charge in [-0.25, -0.2) is 4.79 Å². The molecule has 0 spiro atoms. The van der Waals surface area contributed by atoms with Gasteiger partial charge in [-0.05, 0) is 72.9 Å². The lowest BCUT2D eigenvalue weighted by Gasteiger charge is -2.35. The van der Waals surface area contributed by atoms with Crippen LogP contribution >= 0.6 is 0 Å². The van der Waals surface area contributed by atoms with Crippen LogP contribution in [0.4, 0.5) is 5.69 Å². The maximum atomic E-state index is 11.7. The van der Waals surface area contributed by atoms with Gasteiger partial charge in [0.2, 0.25) is 6.10 Å². The van der Waals surface area contributed by atoms with Gasteiger partial charge >= 0.3 is 11.9 Å². The van der Waals surface area contributed by atoms with Crippen LogP contribution in [0.3, 0.4) is 0 Å². The van der Waals surface area contributed by atoms with E-state index in [-0.39, 0.29) is 13.0 Å². The number of carbonyl (C=O) groups is 2. The number of nitrogens with zero attached hydrogens (tertiary/aromatic N) is 1. The first-order chi connectivity index (χ1) is 19.5. The van der Waals surface area contributed by atoms with Crippen LogP contribution in [0.25, 0.3) is 12.2 Å². The van der Waals surface area contributed by atoms with Gasteiger partial charge in [0.25, 0.3) is 0 Å². The van der Waals surface area contributed by atoms with E-state index in [1.165, 1.54) is 30.4 Å². The average molecular weight is 542 g/mol. The molecule has 40 heavy (non-hydrogen) atoms. The number of fused-ring (bicyclic) bond motifs is 2. The number of carboxylic acid groups (broad SMARTS) is 2. The van der Waals surface area contributed by atoms with Crippen molar-refractivity contribution in [3.05, 3.63) is 89.0 Å². The summed E-state index contributed by atoms with van der Waals surface area (Å²) in [7, 11) is 0. The molecule has 7 nitrogen and oxygen atoms in total. The van der Waals surface area contributed by atoms with E-state index in [9.17, 15) is 14.7 Å². The van der Waals surface area contributed by atoms with E-state index in [0.29, 0.717) is 31.2 Å². The van der Waals surface area contributed by atoms with Crippen LogP contribution in [0, 0.1) is 5.92 Å². The summed E-state index contributed by atoms with van der Waals surface area (Å²) in [5.41, 5.74) is 5.51. The number of hydrogen-bond acceptors (Lipinski definition) is 5. The maximum absolute atomic E-state index is 11.7. The van der Waals surface area contributed by atoms with Crippen LogP contribution in [0.15, 0.2) is 66.7 Å². The lowest BCUT2D eigenvalue weighted by molar-refractivity contribution is -0.145. The molecule has 0 aromatic heterocycles. The number of benzene rings is 3. The quantitative estimate of drug-likeness (QED) is 0.216. The Labute approximate surface area is 234 Å². The minimum Gasteiger partial charge on any atom is -0.494 e. The highest BCUT2D eigenvalue weighted by atomic mass is 16.5. The fourth-order valence-corrected chi connectivity index (χ4v) is 5.57. The van der Waals surface area contributed by atoms with E-state index >= 15 is 0 Å². The van der Waals surface area contributed by atoms with Crippen molar-refractivity contribution < 1.29 is 29.3 Å². The van der Waals surface area contributed by atoms with Crippen LogP contribution < -0.4 is 14.4 Å². The van der Waals surface area contributed by atoms with Gasteiger partial charge in [-0.3, -0.25) is 4.79 Å². The zero-order valence-corrected chi connectivity index (χ0v) is 22.5. The Morgan fingerprint density at radius 3 is 2.38 bits per heavy atom. The predicted molar refractivity (Wildman–Crippen MR) is 155 cm³/mol. The van der Waals surface area contributed by atoms with E-state index in [1.807, 2.05) is 59.5 Å². The number of anilines is 1. The summed E-state index contributed by atoms with van der Waals surface area (Å²) in [6, 6.07) is 22.3. The number of ether oxygens (including phenoxy) is 2. The molecule has 0 bridgehead atoms. The summed E-state index contributed by atoms with van der Waals surface area (Å²) in [6.45, 7) is 1.31. The van der Waals surface area contributed by atoms with Crippen molar-refractivity contribution in [1.29, 1.82) is 0 Å². The Morgan fingerprint density at radius 2 is 1.68 bits per heavy atom. The molecule has 208 valence electrons. The molecule has 1 unspecified atom stereocenters. The molecular formula is C33H35NO6. The Balaban J connectivity index is 1.16. The second kappa shape index (κ2) is 12.7. The first kappa shape index (κ1) is 27.3. The largest absolute Gasteiger partial charge is 0.494 e. The van der Waals surface area contributed by atoms with Gasteiger partial charge in [0.15, 0.2) is 5.75 Å². The summed E-state index contributed by atoms with van der Waals surface area (Å²) >= 11 is 0. The number of aliphatic carboxylic acids is 2. The molecule has 1 heterocycles. The molecule has 2 N–H and O–H groups in total. The number of carboxylic acids is 2. The molecule has 1 aliphatic carbocycles. The molecule has 3 aromatic carbocycles. The SMILES string of the molecule is O=C(O)CCCN1CC(C(=O)O)Oc2c(/C=C/c3ccc(OCCCC4Cc5ccccc5C4)cc3)cccc21. The van der Waals surface area contributed by atoms with Gasteiger partial charge in [-0.1, -0.05) is 60.7 Å². The van der Waals surface area contributed by atoms with E-state index in [2.05, 4.69) is 24.3 Å². The van der Waals surface area contributed by atoms with Gasteiger partial charge in [0.05, 0.1) is 18.8 Å². The van der Waals surface area contributed by atoms with Crippen LogP contribution in [-0.4, -0.2) is 48.0 Å². The minimum absolute atomic E-state index is 0.0268. The maximum Gasteiger partial charge on any atom is 0.346 e. The Kier molecular flexibility index (Phi) is 8.69. The van der Waals surface area contributed by atoms with Crippen molar-refractivity contribution in [2.45, 2.75) is 44.6 Å². The zero-order valence-electron chi connectivity index (χ0n) is 22.5. The normalized spacial score (nSPS) is 16.4. The topological polar surface area (TPSA) is 96.3 Å². The molecule has 0 fully saturated rings. The molecular weight excluding hydrogens is 506 g/mol. The highest BCUT2D eigenvalue weighted by Crippen LogP contribution is 2.38. The number of para-hydroxylation sites is 1. The fourth-order valence-electron chi connectivity index (χ4n) is 5.57. The lowest BCUT2D eigenvalue weighted by atomic mass is 10.0. The van der Waals surface area contributed by atoms with E-state index in [1.54, 1.807) is 0 Å². The first-order valence-electron chi connectivity index (χ1n) is 13.9. The molecule has 1 atom stereocenters. The molecule has 0 saturated heterocycles. The van der Waals surface area contributed by atoms with Gasteiger partial charge in [0.1, 0.15) is 5.75 Å². The smallest absolute Gasteiger partial charge is 0.346 e. The summed E-state index contributed by atoms with van der Waals surface area (Å²) in [5.74, 6) is 0.138. The van der Waals surface area contributed by atoms with Crippen LogP contribution in [0.5, 0.6) is 11.5 Å². The third-order valence-electron chi connectivity index (χ3n) is 7.60. The molecule has 0 saturated carbocycles. The summed E-state index contributed by atoms with van der Waals surface area (Å²) in [4.78, 5) is 24.6. The van der Waals surface area contributed by atoms with E-state index in [4.69, 9.17) is 14.6 Å². The second-order valence-electron chi connectivity index (χ2n) is 10.5. The standard InChI is InChI=1S/C33H35NO6/c35-31(36)11-4-18-34-22-30(33(37)38)40-32-25(9-3-10-29(32)34)15-12-23-13-16-28(17-14-23)39-19-5-6-24-20-26-7-1-2-8-27(26)21-24/h1-3,7-10,12-17,24,30H,4-6,11,18-22H2,(H,35,36)(H,37,38)/b15-12+. The monoisotopic (exact) mass is 541 g/mol. The summed E-state index contributed by atoms with van der Waals surface area (Å²) < 4.78 is 11.9. The molecule has 1 aliphatic heterocycles. The number of hydrogen-bond donors (Lipinski definition) is 2. The highest BCUT2D eigenvalue weighted by Gasteiger charge is 2.31. The summed E-state index contributed by atoms with van der Waals surface area (Å²) in [6.07, 6.45) is 7.84. The minimum atomic E-state index is -1.04. The first-order valence-corrected chi connectivity index (χ1v) is 13.9. The van der Waals surface area contributed by atoms with Crippen molar-refractivity contribution in [3.63, 3.8) is 0 Å². The molecule has 0 amide bonds. The number of rotatable bonds is 12. The Bertz CT molecular complexity index is 1340. The van der Waals surface area contributed by atoms with Crippen molar-refractivity contribution in [2.75, 3.05) is 24.6 Å². The third kappa shape index (κ3) is 6.84. The van der Waals surface area contributed by atoms with Gasteiger partial charge < -0.3 is 24.6 Å². The second-order valence-corrected chi connectivity index (χ2v) is 10.5. The van der Waals surface area contributed by atoms with Crippen molar-refractivity contribution in [3.8, 4) is 11.5 Å². The molecule has 0 radical (unpaired) electrons. The zero-order chi connectivity index (χ0) is 27.9. The van der Waals surface area contributed by atoms with E-state index in [0.717, 1.165) is 29.0 Å².